The predicted octanol–water partition coefficient (Wildman–Crippen LogP) is -1.01. The van der Waals surface area contributed by atoms with E-state index in [-0.39, 0.29) is 359 Å². The number of nitrogen functional groups attached to an aromatic ring is 2. The standard InChI is InChI=1S/C85H76N24O18S6.4Na/c1-40-33-42(21-23-48(40)98-82-102-80(87)104-84(106-82)100-57-37-58(64(132(118,119)120)39-61(57)129-127-125-113)93-55-28-26-53-69-67(45-14-5-7-16-47(45)75(111)71(55)69)73(77(97-53)91-32-31-89-3)79-95-51-18-9-11-20-63(51)131(116,117)109-79)35-43-22-24-49(41(2)34-43)99-83-103-81(88)105-85(107-83)101-59-36-56(60(128-126-124-112)38-65(59)133(121,122)123)92-54-27-25-52-68-66(44-13-4-6-15-46(44)74(110)70(54)68)72(76(96-52)90-30-12-29-86)78-94-50-17-8-10-19-62(50)130(114,115)108-78;;;;/h4-11,13-20,25-28,32,36-43,48-49,92-93,112-113H,3,12,21-24,30-31,33-35H2,1-2H3,(H,90,96)(H,94,108)(H,95,109)(H,118,119,120)(H,121,122,123)(H4,87,98,100,102,104,106)(H4,88,99,101,103,105,107);;;;/q;4*+1/p-4. The van der Waals surface area contributed by atoms with Gasteiger partial charge in [-0.3, -0.25) is 34.1 Å². The first kappa shape index (κ1) is 103. The third-order valence-electron chi connectivity index (χ3n) is 23.5. The van der Waals surface area contributed by atoms with Crippen molar-refractivity contribution in [2.24, 2.45) is 43.6 Å². The number of pyridine rings is 2. The van der Waals surface area contributed by atoms with E-state index < -0.39 is 73.0 Å². The Balaban J connectivity index is 0.00000375. The van der Waals surface area contributed by atoms with E-state index in [1.54, 1.807) is 78.9 Å². The average molecular weight is 2000 g/mol. The maximum atomic E-state index is 15.2. The second-order valence-corrected chi connectivity index (χ2v) is 39.3. The molecule has 0 amide bonds. The number of sulfonamides is 2. The van der Waals surface area contributed by atoms with Gasteiger partial charge in [0.25, 0.3) is 20.0 Å². The van der Waals surface area contributed by atoms with Crippen LogP contribution in [0.3, 0.4) is 0 Å². The fourth-order valence-corrected chi connectivity index (χ4v) is 22.6. The fraction of sp³-hybridized carbons (Fsp3) is 0.212. The van der Waals surface area contributed by atoms with Gasteiger partial charge in [-0.1, -0.05) is 86.6 Å². The number of anilines is 13. The van der Waals surface area contributed by atoms with Gasteiger partial charge >= 0.3 is 118 Å². The molecule has 13 N–H and O–H groups in total. The molecule has 0 saturated heterocycles. The number of para-hydroxylation sites is 2. The molecule has 6 heterocycles. The van der Waals surface area contributed by atoms with Crippen LogP contribution in [0, 0.1) is 35.0 Å². The maximum Gasteiger partial charge on any atom is 1.00 e. The number of carbonyl (C=O) groups excluding carboxylic acids is 2. The molecule has 0 bridgehead atoms. The molecule has 6 aliphatic rings. The Morgan fingerprint density at radius 3 is 1.44 bits per heavy atom. The number of carbonyl (C=O) groups is 2. The first-order chi connectivity index (χ1) is 63.9. The van der Waals surface area contributed by atoms with Crippen molar-refractivity contribution in [3.8, 4) is 28.3 Å². The molecule has 42 nitrogen and oxygen atoms in total. The molecule has 6 unspecified atom stereocenters. The maximum absolute atomic E-state index is 15.2. The van der Waals surface area contributed by atoms with Crippen LogP contribution in [0.1, 0.15) is 108 Å². The number of nitriles is 1. The first-order valence-corrected chi connectivity index (χ1v) is 48.1. The van der Waals surface area contributed by atoms with Gasteiger partial charge in [0.1, 0.15) is 35.8 Å². The van der Waals surface area contributed by atoms with Gasteiger partial charge in [-0.15, -0.1) is 0 Å². The molecule has 0 radical (unpaired) electrons. The van der Waals surface area contributed by atoms with Gasteiger partial charge in [0.15, 0.2) is 29.1 Å². The molecule has 8 aromatic carbocycles. The summed E-state index contributed by atoms with van der Waals surface area (Å²) in [6.07, 6.45) is 6.98. The number of benzene rings is 8. The summed E-state index contributed by atoms with van der Waals surface area (Å²) in [7, 11) is -19.4. The number of hydrogen-bond donors (Lipinski definition) is 11. The van der Waals surface area contributed by atoms with Crippen LogP contribution in [0.5, 0.6) is 0 Å². The van der Waals surface area contributed by atoms with Crippen LogP contribution in [-0.2, 0) is 59.0 Å². The second kappa shape index (κ2) is 42.6. The molecule has 4 aliphatic carbocycles. The molecule has 18 rings (SSSR count). The summed E-state index contributed by atoms with van der Waals surface area (Å²) in [6, 6.07) is 37.3. The summed E-state index contributed by atoms with van der Waals surface area (Å²) in [6.45, 7) is 7.86. The number of nitrogens with two attached hydrogens (primary N) is 2. The van der Waals surface area contributed by atoms with E-state index in [1.165, 1.54) is 60.8 Å². The Bertz CT molecular complexity index is 7550. The molecule has 6 atom stereocenters. The molecular formula is C85H72N24Na4O18S6. The molecule has 2 saturated carbocycles. The topological polar surface area (TPSA) is 637 Å². The summed E-state index contributed by atoms with van der Waals surface area (Å²) in [5.41, 5.74) is 14.2. The Morgan fingerprint density at radius 2 is 0.964 bits per heavy atom. The van der Waals surface area contributed by atoms with Crippen molar-refractivity contribution in [1.29, 1.82) is 5.26 Å². The van der Waals surface area contributed by atoms with E-state index in [1.807, 2.05) is 0 Å². The number of fused-ring (bicyclic) bond motifs is 6. The largest absolute Gasteiger partial charge is 1.00 e. The van der Waals surface area contributed by atoms with E-state index in [0.717, 1.165) is 44.2 Å². The van der Waals surface area contributed by atoms with Gasteiger partial charge in [-0.2, -0.15) is 43.8 Å². The SMILES string of the molecule is C=NCC=Nc1nc2ccc(Nc3cc(Nc4nc(N)nc(NC5CCC(CC6CCC(Nc7nc(N)nc(Nc8cc(Nc9ccc%10nc(NCCC#N)c(C%11=Nc%12ccccc%12S(=O)(=O)N%11)c%11c%10c9C(=O)c9ccccc9-%11)c(SOO[O-])cc8S(=O)(=O)[O-])n7)C(C)C6)CC5C)n4)c(SOO[O-])cc3S(=O)(=O)[O-])c3c2c(c1C1=Nc2ccccc2S(=O)(=O)N1)-c1ccccc1C3=O.[Na+].[Na+].[Na+].[Na+]. The minimum absolute atomic E-state index is 0. The van der Waals surface area contributed by atoms with Crippen LogP contribution >= 0.6 is 24.1 Å². The molecule has 137 heavy (non-hydrogen) atoms. The Hall–Kier alpha value is -9.91. The van der Waals surface area contributed by atoms with Crippen molar-refractivity contribution in [1.82, 2.24) is 49.3 Å². The van der Waals surface area contributed by atoms with Crippen molar-refractivity contribution < 1.29 is 200 Å². The molecule has 0 spiro atoms. The number of rotatable bonds is 30. The van der Waals surface area contributed by atoms with Crippen molar-refractivity contribution in [3.63, 3.8) is 0 Å². The number of nitrogens with zero attached hydrogens (tertiary/aromatic N) is 13. The van der Waals surface area contributed by atoms with Crippen LogP contribution < -0.4 is 187 Å². The number of amidine groups is 2. The van der Waals surface area contributed by atoms with Gasteiger partial charge in [0.05, 0.1) is 141 Å². The molecule has 680 valence electrons. The van der Waals surface area contributed by atoms with Crippen molar-refractivity contribution in [2.75, 3.05) is 61.8 Å². The van der Waals surface area contributed by atoms with E-state index in [4.69, 9.17) is 35.8 Å². The molecule has 12 aromatic rings. The van der Waals surface area contributed by atoms with Gasteiger partial charge in [0, 0.05) is 57.9 Å². The molecule has 52 heteroatoms. The van der Waals surface area contributed by atoms with Crippen molar-refractivity contribution in [2.45, 2.75) is 107 Å². The smallest absolute Gasteiger partial charge is 0.744 e. The van der Waals surface area contributed by atoms with Crippen LogP contribution in [0.2, 0.25) is 0 Å². The summed E-state index contributed by atoms with van der Waals surface area (Å²) in [5, 5.41) is 62.2. The minimum atomic E-state index is -5.46. The normalized spacial score (nSPS) is 17.9. The number of aromatic nitrogens is 8. The van der Waals surface area contributed by atoms with Gasteiger partial charge in [-0.25, -0.2) is 58.6 Å². The zero-order valence-electron chi connectivity index (χ0n) is 73.4. The van der Waals surface area contributed by atoms with E-state index in [9.17, 15) is 58.6 Å². The average Bonchev–Trinajstić information content (AvgIpc) is 0.709. The predicted molar refractivity (Wildman–Crippen MR) is 487 cm³/mol. The molecule has 2 fully saturated rings. The van der Waals surface area contributed by atoms with Crippen LogP contribution in [0.15, 0.2) is 195 Å². The molecule has 2 aliphatic heterocycles. The quantitative estimate of drug-likeness (QED) is 0.00489. The van der Waals surface area contributed by atoms with Gasteiger partial charge < -0.3 is 68.3 Å². The Kier molecular flexibility index (Phi) is 32.0. The van der Waals surface area contributed by atoms with Crippen molar-refractivity contribution >= 4 is 215 Å². The fourth-order valence-electron chi connectivity index (χ4n) is 17.9. The molecular weight excluding hydrogens is 1930 g/mol. The monoisotopic (exact) mass is 2000 g/mol. The van der Waals surface area contributed by atoms with Crippen LogP contribution in [-0.4, -0.2) is 144 Å². The third-order valence-corrected chi connectivity index (χ3v) is 29.3. The number of nitrogens with one attached hydrogen (secondary N) is 9. The number of hydrogen-bond acceptors (Lipinski definition) is 42. The number of ketones is 2. The summed E-state index contributed by atoms with van der Waals surface area (Å²) >= 11 is 0.471. The Labute approximate surface area is 879 Å². The van der Waals surface area contributed by atoms with E-state index >= 15 is 9.59 Å². The van der Waals surface area contributed by atoms with Gasteiger partial charge in [0.2, 0.25) is 35.7 Å². The second-order valence-electron chi connectivity index (χ2n) is 31.8. The summed E-state index contributed by atoms with van der Waals surface area (Å²) < 4.78 is 151. The Morgan fingerprint density at radius 1 is 0.533 bits per heavy atom. The minimum Gasteiger partial charge on any atom is -0.744 e. The zero-order chi connectivity index (χ0) is 93.1. The summed E-state index contributed by atoms with van der Waals surface area (Å²) in [4.78, 5) is 82.2. The molecule has 4 aromatic heterocycles. The van der Waals surface area contributed by atoms with Crippen molar-refractivity contribution in [3.05, 3.63) is 179 Å². The summed E-state index contributed by atoms with van der Waals surface area (Å²) in [5.74, 6) is -1.50. The zero-order valence-corrected chi connectivity index (χ0v) is 86.3. The number of aliphatic imine (C=N–C) groups is 4. The van der Waals surface area contributed by atoms with E-state index in [0.29, 0.717) is 41.4 Å². The first-order valence-electron chi connectivity index (χ1n) is 40.9. The third kappa shape index (κ3) is 21.3. The van der Waals surface area contributed by atoms with Crippen LogP contribution in [0.25, 0.3) is 44.1 Å². The van der Waals surface area contributed by atoms with E-state index in [2.05, 4.69) is 128 Å². The van der Waals surface area contributed by atoms with Gasteiger partial charge in [-0.05, 0) is 159 Å². The van der Waals surface area contributed by atoms with Crippen LogP contribution in [0.4, 0.5) is 92.8 Å².